The number of nitrogens with zero attached hydrogens (tertiary/aromatic N) is 6. The van der Waals surface area contributed by atoms with Crippen LogP contribution >= 0.6 is 0 Å². The SMILES string of the molecule is CN1Nc2ccc(-c3cn(C)cn3)nc2N1Cc1ccc2ncccc2c1. The van der Waals surface area contributed by atoms with Crippen LogP contribution in [0.15, 0.2) is 61.2 Å². The van der Waals surface area contributed by atoms with Gasteiger partial charge in [-0.05, 0) is 35.9 Å². The van der Waals surface area contributed by atoms with Gasteiger partial charge in [0.2, 0.25) is 0 Å². The van der Waals surface area contributed by atoms with Crippen LogP contribution in [-0.4, -0.2) is 31.7 Å². The second kappa shape index (κ2) is 6.07. The fourth-order valence-corrected chi connectivity index (χ4v) is 3.37. The molecule has 0 spiro atoms. The van der Waals surface area contributed by atoms with Gasteiger partial charge in [0.05, 0.1) is 29.8 Å². The molecule has 27 heavy (non-hydrogen) atoms. The molecule has 3 aromatic heterocycles. The molecule has 0 unspecified atom stereocenters. The van der Waals surface area contributed by atoms with Crippen LogP contribution in [0.1, 0.15) is 5.56 Å². The number of hydrazine groups is 2. The summed E-state index contributed by atoms with van der Waals surface area (Å²) in [4.78, 5) is 13.7. The maximum atomic E-state index is 4.86. The van der Waals surface area contributed by atoms with Crippen LogP contribution in [-0.2, 0) is 13.6 Å². The number of aromatic nitrogens is 4. The summed E-state index contributed by atoms with van der Waals surface area (Å²) in [5.41, 5.74) is 8.26. The topological polar surface area (TPSA) is 62.1 Å². The van der Waals surface area contributed by atoms with Crippen LogP contribution in [0.3, 0.4) is 0 Å². The molecule has 0 aliphatic carbocycles. The summed E-state index contributed by atoms with van der Waals surface area (Å²) in [7, 11) is 3.95. The molecule has 7 heteroatoms. The molecule has 0 saturated carbocycles. The predicted molar refractivity (Wildman–Crippen MR) is 106 cm³/mol. The largest absolute Gasteiger partial charge is 0.340 e. The number of anilines is 2. The molecule has 1 aromatic carbocycles. The summed E-state index contributed by atoms with van der Waals surface area (Å²) in [6.45, 7) is 0.708. The van der Waals surface area contributed by atoms with E-state index in [4.69, 9.17) is 4.98 Å². The molecule has 134 valence electrons. The quantitative estimate of drug-likeness (QED) is 0.607. The Labute approximate surface area is 156 Å². The van der Waals surface area contributed by atoms with Crippen LogP contribution in [0, 0.1) is 0 Å². The van der Waals surface area contributed by atoms with Crippen molar-refractivity contribution in [2.45, 2.75) is 6.54 Å². The van der Waals surface area contributed by atoms with E-state index in [1.54, 1.807) is 6.33 Å². The van der Waals surface area contributed by atoms with Gasteiger partial charge in [0, 0.05) is 31.9 Å². The fourth-order valence-electron chi connectivity index (χ4n) is 3.37. The molecule has 0 atom stereocenters. The van der Waals surface area contributed by atoms with Gasteiger partial charge in [-0.25, -0.2) is 9.97 Å². The molecule has 0 radical (unpaired) electrons. The van der Waals surface area contributed by atoms with Crippen LogP contribution in [0.5, 0.6) is 0 Å². The van der Waals surface area contributed by atoms with Crippen molar-refractivity contribution in [2.75, 3.05) is 17.5 Å². The zero-order valence-electron chi connectivity index (χ0n) is 15.2. The van der Waals surface area contributed by atoms with Gasteiger partial charge in [-0.3, -0.25) is 15.4 Å². The summed E-state index contributed by atoms with van der Waals surface area (Å²) < 4.78 is 1.93. The van der Waals surface area contributed by atoms with E-state index in [1.807, 2.05) is 54.4 Å². The normalized spacial score (nSPS) is 13.8. The molecule has 0 saturated heterocycles. The lowest BCUT2D eigenvalue weighted by molar-refractivity contribution is 0.379. The van der Waals surface area contributed by atoms with Gasteiger partial charge < -0.3 is 4.57 Å². The van der Waals surface area contributed by atoms with E-state index in [0.29, 0.717) is 6.54 Å². The van der Waals surface area contributed by atoms with Crippen molar-refractivity contribution in [1.82, 2.24) is 24.6 Å². The number of hydrogen-bond donors (Lipinski definition) is 1. The van der Waals surface area contributed by atoms with Crippen molar-refractivity contribution in [3.05, 3.63) is 66.7 Å². The minimum Gasteiger partial charge on any atom is -0.340 e. The molecule has 4 aromatic rings. The summed E-state index contributed by atoms with van der Waals surface area (Å²) in [6, 6.07) is 14.4. The molecular weight excluding hydrogens is 338 g/mol. The van der Waals surface area contributed by atoms with Gasteiger partial charge in [0.1, 0.15) is 5.69 Å². The Hall–Kier alpha value is -3.45. The molecule has 0 fully saturated rings. The van der Waals surface area contributed by atoms with Gasteiger partial charge in [-0.1, -0.05) is 12.1 Å². The number of benzene rings is 1. The lowest BCUT2D eigenvalue weighted by Crippen LogP contribution is -2.37. The Balaban J connectivity index is 1.50. The van der Waals surface area contributed by atoms with E-state index in [-0.39, 0.29) is 0 Å². The fraction of sp³-hybridized carbons (Fsp3) is 0.150. The average Bonchev–Trinajstić information content (AvgIpc) is 3.25. The van der Waals surface area contributed by atoms with E-state index >= 15 is 0 Å². The van der Waals surface area contributed by atoms with Gasteiger partial charge in [-0.15, -0.1) is 5.12 Å². The summed E-state index contributed by atoms with van der Waals surface area (Å²) in [5, 5.41) is 5.23. The number of aryl methyl sites for hydroxylation is 1. The van der Waals surface area contributed by atoms with Crippen LogP contribution in [0.4, 0.5) is 11.5 Å². The minimum absolute atomic E-state index is 0.708. The maximum Gasteiger partial charge on any atom is 0.170 e. The summed E-state index contributed by atoms with van der Waals surface area (Å²) in [6.07, 6.45) is 5.58. The Morgan fingerprint density at radius 2 is 1.93 bits per heavy atom. The van der Waals surface area contributed by atoms with Crippen molar-refractivity contribution in [3.63, 3.8) is 0 Å². The average molecular weight is 357 g/mol. The van der Waals surface area contributed by atoms with Crippen molar-refractivity contribution >= 4 is 22.4 Å². The highest BCUT2D eigenvalue weighted by Crippen LogP contribution is 2.34. The van der Waals surface area contributed by atoms with Crippen LogP contribution in [0.2, 0.25) is 0 Å². The van der Waals surface area contributed by atoms with Crippen LogP contribution < -0.4 is 10.4 Å². The number of pyridine rings is 2. The molecule has 1 aliphatic rings. The van der Waals surface area contributed by atoms with Crippen molar-refractivity contribution in [1.29, 1.82) is 0 Å². The first-order chi connectivity index (χ1) is 13.2. The minimum atomic E-state index is 0.708. The van der Waals surface area contributed by atoms with Gasteiger partial charge in [0.25, 0.3) is 0 Å². The molecule has 5 rings (SSSR count). The second-order valence-corrected chi connectivity index (χ2v) is 6.72. The monoisotopic (exact) mass is 357 g/mol. The first-order valence-electron chi connectivity index (χ1n) is 8.78. The standard InChI is InChI=1S/C20H19N7/c1-25-12-19(22-13-25)17-7-8-18-20(23-17)27(26(2)24-18)11-14-5-6-16-15(10-14)4-3-9-21-16/h3-10,12-13,24H,11H2,1-2H3. The highest BCUT2D eigenvalue weighted by atomic mass is 15.8. The third-order valence-corrected chi connectivity index (χ3v) is 4.73. The highest BCUT2D eigenvalue weighted by molar-refractivity contribution is 5.79. The Kier molecular flexibility index (Phi) is 3.54. The zero-order valence-corrected chi connectivity index (χ0v) is 15.2. The summed E-state index contributed by atoms with van der Waals surface area (Å²) >= 11 is 0. The number of imidazole rings is 1. The van der Waals surface area contributed by atoms with Gasteiger partial charge in [0.15, 0.2) is 5.82 Å². The second-order valence-electron chi connectivity index (χ2n) is 6.72. The number of nitrogens with one attached hydrogen (secondary N) is 1. The van der Waals surface area contributed by atoms with Gasteiger partial charge >= 0.3 is 0 Å². The summed E-state index contributed by atoms with van der Waals surface area (Å²) in [5.74, 6) is 0.895. The lowest BCUT2D eigenvalue weighted by atomic mass is 10.1. The molecule has 1 N–H and O–H groups in total. The molecular formula is C20H19N7. The van der Waals surface area contributed by atoms with E-state index in [9.17, 15) is 0 Å². The van der Waals surface area contributed by atoms with Crippen molar-refractivity contribution < 1.29 is 0 Å². The van der Waals surface area contributed by atoms with E-state index in [1.165, 1.54) is 5.56 Å². The predicted octanol–water partition coefficient (Wildman–Crippen LogP) is 3.22. The first kappa shape index (κ1) is 15.8. The third-order valence-electron chi connectivity index (χ3n) is 4.73. The molecule has 0 amide bonds. The molecule has 4 heterocycles. The zero-order chi connectivity index (χ0) is 18.4. The van der Waals surface area contributed by atoms with E-state index < -0.39 is 0 Å². The first-order valence-corrected chi connectivity index (χ1v) is 8.78. The Morgan fingerprint density at radius 1 is 1.00 bits per heavy atom. The number of rotatable bonds is 3. The van der Waals surface area contributed by atoms with Crippen LogP contribution in [0.25, 0.3) is 22.3 Å². The lowest BCUT2D eigenvalue weighted by Gasteiger charge is -2.25. The Morgan fingerprint density at radius 3 is 2.78 bits per heavy atom. The molecule has 0 bridgehead atoms. The number of fused-ring (bicyclic) bond motifs is 2. The highest BCUT2D eigenvalue weighted by Gasteiger charge is 2.26. The van der Waals surface area contributed by atoms with Crippen molar-refractivity contribution in [3.8, 4) is 11.4 Å². The van der Waals surface area contributed by atoms with E-state index in [0.717, 1.165) is 33.8 Å². The maximum absolute atomic E-state index is 4.86. The number of hydrogen-bond acceptors (Lipinski definition) is 6. The molecule has 7 nitrogen and oxygen atoms in total. The third kappa shape index (κ3) is 2.78. The van der Waals surface area contributed by atoms with Gasteiger partial charge in [-0.2, -0.15) is 0 Å². The Bertz CT molecular complexity index is 1130. The molecule has 1 aliphatic heterocycles. The van der Waals surface area contributed by atoms with E-state index in [2.05, 4.69) is 44.7 Å². The smallest absolute Gasteiger partial charge is 0.170 e. The van der Waals surface area contributed by atoms with Crippen molar-refractivity contribution in [2.24, 2.45) is 7.05 Å².